The van der Waals surface area contributed by atoms with E-state index in [-0.39, 0.29) is 5.91 Å². The van der Waals surface area contributed by atoms with Crippen LogP contribution in [0.4, 0.5) is 5.69 Å². The van der Waals surface area contributed by atoms with E-state index in [1.807, 2.05) is 36.4 Å². The number of likely N-dealkylation sites (N-methyl/N-ethyl adjacent to an activating group) is 1. The molecule has 1 aliphatic heterocycles. The maximum Gasteiger partial charge on any atom is 0.266 e. The smallest absolute Gasteiger partial charge is 0.266 e. The Morgan fingerprint density at radius 3 is 2.39 bits per heavy atom. The molecule has 0 radical (unpaired) electrons. The molecule has 0 atom stereocenters. The fraction of sp³-hybridized carbons (Fsp3) is 0.0588. The summed E-state index contributed by atoms with van der Waals surface area (Å²) in [4.78, 5) is 19.0. The Morgan fingerprint density at radius 2 is 1.70 bits per heavy atom. The highest BCUT2D eigenvalue weighted by molar-refractivity contribution is 8.18. The molecule has 0 spiro atoms. The lowest BCUT2D eigenvalue weighted by Crippen LogP contribution is -2.23. The lowest BCUT2D eigenvalue weighted by Gasteiger charge is -2.07. The van der Waals surface area contributed by atoms with Crippen LogP contribution in [0, 0.1) is 0 Å². The van der Waals surface area contributed by atoms with Crippen molar-refractivity contribution in [3.05, 3.63) is 69.0 Å². The van der Waals surface area contributed by atoms with Gasteiger partial charge in [-0.05, 0) is 41.6 Å². The second kappa shape index (κ2) is 6.79. The van der Waals surface area contributed by atoms with Crippen molar-refractivity contribution in [2.45, 2.75) is 0 Å². The molecular formula is C17H12Cl2N2OS. The molecule has 1 aliphatic rings. The average molecular weight is 363 g/mol. The summed E-state index contributed by atoms with van der Waals surface area (Å²) >= 11 is 13.6. The summed E-state index contributed by atoms with van der Waals surface area (Å²) in [7, 11) is 1.69. The fourth-order valence-electron chi connectivity index (χ4n) is 2.03. The zero-order valence-corrected chi connectivity index (χ0v) is 14.5. The summed E-state index contributed by atoms with van der Waals surface area (Å²) in [6, 6.07) is 14.7. The van der Waals surface area contributed by atoms with Crippen molar-refractivity contribution in [2.75, 3.05) is 7.05 Å². The highest BCUT2D eigenvalue weighted by Gasteiger charge is 2.30. The van der Waals surface area contributed by atoms with Crippen molar-refractivity contribution in [2.24, 2.45) is 4.99 Å². The number of carbonyl (C=O) groups excluding carboxylic acids is 1. The molecule has 0 N–H and O–H groups in total. The van der Waals surface area contributed by atoms with Crippen molar-refractivity contribution in [3.8, 4) is 0 Å². The Balaban J connectivity index is 1.95. The summed E-state index contributed by atoms with van der Waals surface area (Å²) in [5.74, 6) is -0.110. The maximum atomic E-state index is 12.4. The quantitative estimate of drug-likeness (QED) is 0.685. The Kier molecular flexibility index (Phi) is 4.76. The van der Waals surface area contributed by atoms with Gasteiger partial charge in [-0.2, -0.15) is 0 Å². The van der Waals surface area contributed by atoms with Crippen LogP contribution in [0.1, 0.15) is 5.56 Å². The second-order valence-electron chi connectivity index (χ2n) is 4.84. The first-order valence-corrected chi connectivity index (χ1v) is 8.39. The number of carbonyl (C=O) groups is 1. The first-order chi connectivity index (χ1) is 11.1. The molecule has 0 saturated carbocycles. The van der Waals surface area contributed by atoms with Crippen LogP contribution in [0.3, 0.4) is 0 Å². The van der Waals surface area contributed by atoms with Gasteiger partial charge in [-0.15, -0.1) is 0 Å². The molecule has 0 unspecified atom stereocenters. The van der Waals surface area contributed by atoms with E-state index in [2.05, 4.69) is 4.99 Å². The van der Waals surface area contributed by atoms with Gasteiger partial charge in [-0.25, -0.2) is 4.99 Å². The number of rotatable bonds is 2. The van der Waals surface area contributed by atoms with E-state index in [9.17, 15) is 4.79 Å². The molecule has 0 aliphatic carbocycles. The molecule has 1 amide bonds. The number of benzene rings is 2. The summed E-state index contributed by atoms with van der Waals surface area (Å²) < 4.78 is 0. The van der Waals surface area contributed by atoms with Gasteiger partial charge in [0.2, 0.25) is 0 Å². The van der Waals surface area contributed by atoms with Crippen LogP contribution in [0.5, 0.6) is 0 Å². The number of hydrogen-bond donors (Lipinski definition) is 0. The molecule has 23 heavy (non-hydrogen) atoms. The van der Waals surface area contributed by atoms with Crippen LogP contribution < -0.4 is 0 Å². The Morgan fingerprint density at radius 1 is 1.04 bits per heavy atom. The van der Waals surface area contributed by atoms with Crippen LogP contribution in [0.15, 0.2) is 58.4 Å². The van der Waals surface area contributed by atoms with Gasteiger partial charge < -0.3 is 0 Å². The molecule has 3 nitrogen and oxygen atoms in total. The van der Waals surface area contributed by atoms with Crippen molar-refractivity contribution < 1.29 is 4.79 Å². The largest absolute Gasteiger partial charge is 0.290 e. The van der Waals surface area contributed by atoms with Gasteiger partial charge in [-0.3, -0.25) is 9.69 Å². The lowest BCUT2D eigenvalue weighted by molar-refractivity contribution is -0.121. The van der Waals surface area contributed by atoms with Gasteiger partial charge in [0, 0.05) is 12.1 Å². The van der Waals surface area contributed by atoms with Crippen LogP contribution in [-0.2, 0) is 4.79 Å². The number of amidine groups is 1. The molecule has 1 heterocycles. The molecule has 2 aromatic carbocycles. The lowest BCUT2D eigenvalue weighted by atomic mass is 10.2. The summed E-state index contributed by atoms with van der Waals surface area (Å²) in [5, 5.41) is 1.74. The average Bonchev–Trinajstić information content (AvgIpc) is 2.80. The molecule has 1 saturated heterocycles. The molecule has 0 aromatic heterocycles. The number of hydrogen-bond acceptors (Lipinski definition) is 3. The molecule has 6 heteroatoms. The first-order valence-electron chi connectivity index (χ1n) is 6.81. The van der Waals surface area contributed by atoms with Crippen LogP contribution in [0.2, 0.25) is 10.0 Å². The van der Waals surface area contributed by atoms with E-state index in [0.29, 0.717) is 25.8 Å². The van der Waals surface area contributed by atoms with Crippen molar-refractivity contribution in [1.82, 2.24) is 4.90 Å². The summed E-state index contributed by atoms with van der Waals surface area (Å²) in [6.45, 7) is 0. The zero-order chi connectivity index (χ0) is 16.4. The van der Waals surface area contributed by atoms with Crippen LogP contribution in [-0.4, -0.2) is 23.0 Å². The van der Waals surface area contributed by atoms with E-state index in [1.54, 1.807) is 25.3 Å². The van der Waals surface area contributed by atoms with Crippen molar-refractivity contribution in [1.29, 1.82) is 0 Å². The minimum atomic E-state index is -0.110. The van der Waals surface area contributed by atoms with Gasteiger partial charge in [0.1, 0.15) is 0 Å². The highest BCUT2D eigenvalue weighted by Crippen LogP contribution is 2.35. The Labute approximate surface area is 148 Å². The number of amides is 1. The van der Waals surface area contributed by atoms with Crippen molar-refractivity contribution in [3.63, 3.8) is 0 Å². The molecule has 1 fully saturated rings. The van der Waals surface area contributed by atoms with Crippen molar-refractivity contribution >= 4 is 57.8 Å². The number of nitrogens with zero attached hydrogens (tertiary/aromatic N) is 2. The minimum absolute atomic E-state index is 0.110. The number of para-hydroxylation sites is 1. The third-order valence-corrected chi connectivity index (χ3v) is 4.99. The molecule has 2 aromatic rings. The summed E-state index contributed by atoms with van der Waals surface area (Å²) in [6.07, 6.45) is 1.78. The minimum Gasteiger partial charge on any atom is -0.290 e. The third kappa shape index (κ3) is 3.44. The van der Waals surface area contributed by atoms with Crippen LogP contribution in [0.25, 0.3) is 6.08 Å². The zero-order valence-electron chi connectivity index (χ0n) is 12.2. The molecule has 0 bridgehead atoms. The topological polar surface area (TPSA) is 32.7 Å². The van der Waals surface area contributed by atoms with Crippen LogP contribution >= 0.6 is 35.0 Å². The third-order valence-electron chi connectivity index (χ3n) is 3.26. The van der Waals surface area contributed by atoms with E-state index in [0.717, 1.165) is 5.56 Å². The van der Waals surface area contributed by atoms with Gasteiger partial charge in [-0.1, -0.05) is 53.5 Å². The van der Waals surface area contributed by atoms with Gasteiger partial charge in [0.15, 0.2) is 5.17 Å². The monoisotopic (exact) mass is 362 g/mol. The number of halogens is 2. The molecular weight excluding hydrogens is 351 g/mol. The van der Waals surface area contributed by atoms with Gasteiger partial charge >= 0.3 is 0 Å². The number of aliphatic imine (C=N–C) groups is 1. The standard InChI is InChI=1S/C17H12Cl2N2OS/c1-21-16(22)15(10-11-6-2-3-7-12(11)18)23-17(21)20-14-9-5-4-8-13(14)19/h2-10H,1H3/b15-10+,20-17?. The predicted octanol–water partition coefficient (Wildman–Crippen LogP) is 5.23. The van der Waals surface area contributed by atoms with E-state index in [4.69, 9.17) is 23.2 Å². The second-order valence-corrected chi connectivity index (χ2v) is 6.67. The van der Waals surface area contributed by atoms with E-state index < -0.39 is 0 Å². The Bertz CT molecular complexity index is 833. The van der Waals surface area contributed by atoms with Gasteiger partial charge in [0.05, 0.1) is 15.6 Å². The predicted molar refractivity (Wildman–Crippen MR) is 98.3 cm³/mol. The maximum absolute atomic E-state index is 12.4. The van der Waals surface area contributed by atoms with E-state index >= 15 is 0 Å². The SMILES string of the molecule is CN1C(=O)/C(=C\c2ccccc2Cl)SC1=Nc1ccccc1Cl. The first kappa shape index (κ1) is 16.1. The molecule has 116 valence electrons. The number of thioether (sulfide) groups is 1. The molecule has 3 rings (SSSR count). The van der Waals surface area contributed by atoms with E-state index in [1.165, 1.54) is 16.7 Å². The van der Waals surface area contributed by atoms with Gasteiger partial charge in [0.25, 0.3) is 5.91 Å². The normalized spacial score (nSPS) is 18.2. The Hall–Kier alpha value is -1.75. The fourth-order valence-corrected chi connectivity index (χ4v) is 3.37. The summed E-state index contributed by atoms with van der Waals surface area (Å²) in [5.41, 5.74) is 1.44. The highest BCUT2D eigenvalue weighted by atomic mass is 35.5.